The van der Waals surface area contributed by atoms with Crippen molar-refractivity contribution < 1.29 is 30.8 Å². The third-order valence-corrected chi connectivity index (χ3v) is 5.26. The van der Waals surface area contributed by atoms with Crippen molar-refractivity contribution in [3.8, 4) is 11.8 Å². The van der Waals surface area contributed by atoms with Gasteiger partial charge in [0.15, 0.2) is 10.6 Å². The lowest BCUT2D eigenvalue weighted by atomic mass is 10.2. The fourth-order valence-electron chi connectivity index (χ4n) is 2.52. The van der Waals surface area contributed by atoms with E-state index in [4.69, 9.17) is 5.26 Å². The SMILES string of the molecule is Cc1c(C(=O)NS(=O)(=O)c2c(F)cc(F)cc2F)nnn1-c1ccc(C#N)cc1F. The van der Waals surface area contributed by atoms with E-state index in [1.807, 2.05) is 0 Å². The molecule has 0 saturated heterocycles. The van der Waals surface area contributed by atoms with Crippen LogP contribution in [0.2, 0.25) is 0 Å². The Morgan fingerprint density at radius 3 is 2.30 bits per heavy atom. The molecular weight excluding hydrogens is 430 g/mol. The molecule has 0 spiro atoms. The van der Waals surface area contributed by atoms with Crippen molar-refractivity contribution in [3.05, 3.63) is 70.6 Å². The van der Waals surface area contributed by atoms with Crippen molar-refractivity contribution in [1.82, 2.24) is 19.7 Å². The van der Waals surface area contributed by atoms with Gasteiger partial charge in [-0.1, -0.05) is 5.21 Å². The van der Waals surface area contributed by atoms with E-state index in [0.717, 1.165) is 10.7 Å². The zero-order chi connectivity index (χ0) is 22.2. The van der Waals surface area contributed by atoms with Crippen LogP contribution in [-0.2, 0) is 10.0 Å². The van der Waals surface area contributed by atoms with Crippen LogP contribution in [0.3, 0.4) is 0 Å². The van der Waals surface area contributed by atoms with Gasteiger partial charge in [0.2, 0.25) is 0 Å². The van der Waals surface area contributed by atoms with Crippen molar-refractivity contribution in [2.24, 2.45) is 0 Å². The molecule has 0 atom stereocenters. The van der Waals surface area contributed by atoms with Gasteiger partial charge in [0, 0.05) is 12.1 Å². The van der Waals surface area contributed by atoms with Crippen LogP contribution in [0.4, 0.5) is 17.6 Å². The summed E-state index contributed by atoms with van der Waals surface area (Å²) in [4.78, 5) is 10.8. The fourth-order valence-corrected chi connectivity index (χ4v) is 3.60. The minimum atomic E-state index is -5.08. The maximum atomic E-state index is 14.2. The molecule has 0 bridgehead atoms. The summed E-state index contributed by atoms with van der Waals surface area (Å²) in [6, 6.07) is 5.40. The van der Waals surface area contributed by atoms with Crippen LogP contribution >= 0.6 is 0 Å². The van der Waals surface area contributed by atoms with Crippen LogP contribution < -0.4 is 4.72 Å². The van der Waals surface area contributed by atoms with E-state index in [9.17, 15) is 30.8 Å². The van der Waals surface area contributed by atoms with Crippen LogP contribution in [0, 0.1) is 41.5 Å². The van der Waals surface area contributed by atoms with E-state index in [0.29, 0.717) is 0 Å². The molecule has 13 heteroatoms. The van der Waals surface area contributed by atoms with Gasteiger partial charge in [-0.15, -0.1) is 5.10 Å². The minimum Gasteiger partial charge on any atom is -0.266 e. The molecule has 0 saturated carbocycles. The van der Waals surface area contributed by atoms with Crippen molar-refractivity contribution >= 4 is 15.9 Å². The van der Waals surface area contributed by atoms with Crippen molar-refractivity contribution in [1.29, 1.82) is 5.26 Å². The number of nitrogens with zero attached hydrogens (tertiary/aromatic N) is 4. The molecule has 0 aliphatic heterocycles. The molecule has 0 fully saturated rings. The molecule has 0 aliphatic carbocycles. The molecule has 0 aliphatic rings. The topological polar surface area (TPSA) is 118 Å². The normalized spacial score (nSPS) is 11.2. The van der Waals surface area contributed by atoms with E-state index >= 15 is 0 Å². The van der Waals surface area contributed by atoms with E-state index < -0.39 is 49.8 Å². The van der Waals surface area contributed by atoms with Gasteiger partial charge in [0.05, 0.1) is 17.3 Å². The highest BCUT2D eigenvalue weighted by Crippen LogP contribution is 2.21. The van der Waals surface area contributed by atoms with E-state index in [1.165, 1.54) is 23.8 Å². The maximum Gasteiger partial charge on any atom is 0.287 e. The summed E-state index contributed by atoms with van der Waals surface area (Å²) in [5.41, 5.74) is -0.838. The summed E-state index contributed by atoms with van der Waals surface area (Å²) in [6.45, 7) is 1.26. The number of nitrogens with one attached hydrogen (secondary N) is 1. The molecule has 0 unspecified atom stereocenters. The Balaban J connectivity index is 1.95. The number of carbonyl (C=O) groups is 1. The van der Waals surface area contributed by atoms with Crippen LogP contribution in [0.15, 0.2) is 35.2 Å². The molecule has 1 amide bonds. The summed E-state index contributed by atoms with van der Waals surface area (Å²) in [6.07, 6.45) is 0. The predicted octanol–water partition coefficient (Wildman–Crippen LogP) is 2.12. The Morgan fingerprint density at radius 1 is 1.10 bits per heavy atom. The number of nitriles is 1. The smallest absolute Gasteiger partial charge is 0.266 e. The Bertz CT molecular complexity index is 1310. The maximum absolute atomic E-state index is 14.2. The second-order valence-electron chi connectivity index (χ2n) is 5.85. The summed E-state index contributed by atoms with van der Waals surface area (Å²) < 4.78 is 81.4. The lowest BCUT2D eigenvalue weighted by Crippen LogP contribution is -2.32. The highest BCUT2D eigenvalue weighted by molar-refractivity contribution is 7.90. The summed E-state index contributed by atoms with van der Waals surface area (Å²) in [5.74, 6) is -7.10. The number of hydrogen-bond donors (Lipinski definition) is 1. The zero-order valence-electron chi connectivity index (χ0n) is 14.8. The highest BCUT2D eigenvalue weighted by Gasteiger charge is 2.29. The molecule has 1 heterocycles. The fraction of sp³-hybridized carbons (Fsp3) is 0.0588. The summed E-state index contributed by atoms with van der Waals surface area (Å²) >= 11 is 0. The largest absolute Gasteiger partial charge is 0.287 e. The molecule has 3 rings (SSSR count). The summed E-state index contributed by atoms with van der Waals surface area (Å²) in [5, 5.41) is 15.8. The Kier molecular flexibility index (Phi) is 5.27. The Morgan fingerprint density at radius 2 is 1.73 bits per heavy atom. The molecule has 3 aromatic rings. The van der Waals surface area contributed by atoms with Crippen molar-refractivity contribution in [3.63, 3.8) is 0 Å². The first kappa shape index (κ1) is 20.9. The number of rotatable bonds is 4. The average molecular weight is 439 g/mol. The van der Waals surface area contributed by atoms with Gasteiger partial charge in [-0.05, 0) is 25.1 Å². The molecule has 8 nitrogen and oxygen atoms in total. The second kappa shape index (κ2) is 7.56. The molecule has 154 valence electrons. The number of sulfonamides is 1. The predicted molar refractivity (Wildman–Crippen MR) is 91.7 cm³/mol. The number of carbonyl (C=O) groups excluding carboxylic acids is 1. The summed E-state index contributed by atoms with van der Waals surface area (Å²) in [7, 11) is -5.08. The molecule has 1 N–H and O–H groups in total. The lowest BCUT2D eigenvalue weighted by molar-refractivity contribution is 0.0976. The molecular formula is C17H9F4N5O3S. The van der Waals surface area contributed by atoms with Crippen LogP contribution in [0.1, 0.15) is 21.7 Å². The number of aromatic nitrogens is 3. The number of hydrogen-bond acceptors (Lipinski definition) is 6. The number of benzene rings is 2. The van der Waals surface area contributed by atoms with Crippen molar-refractivity contribution in [2.75, 3.05) is 0 Å². The first-order chi connectivity index (χ1) is 14.0. The van der Waals surface area contributed by atoms with Gasteiger partial charge in [0.25, 0.3) is 15.9 Å². The first-order valence-corrected chi connectivity index (χ1v) is 9.37. The van der Waals surface area contributed by atoms with Gasteiger partial charge in [-0.3, -0.25) is 4.79 Å². The van der Waals surface area contributed by atoms with Gasteiger partial charge in [-0.2, -0.15) is 5.26 Å². The number of amides is 1. The van der Waals surface area contributed by atoms with Gasteiger partial charge < -0.3 is 0 Å². The average Bonchev–Trinajstić information content (AvgIpc) is 3.01. The van der Waals surface area contributed by atoms with Gasteiger partial charge >= 0.3 is 0 Å². The molecule has 0 radical (unpaired) electrons. The lowest BCUT2D eigenvalue weighted by Gasteiger charge is -2.08. The quantitative estimate of drug-likeness (QED) is 0.623. The standard InChI is InChI=1S/C17H9F4N5O3S/c1-8-15(23-25-26(8)14-3-2-9(7-22)4-11(14)19)17(27)24-30(28,29)16-12(20)5-10(18)6-13(16)21/h2-6H,1H3,(H,24,27). The van der Waals surface area contributed by atoms with E-state index in [-0.39, 0.29) is 29.1 Å². The van der Waals surface area contributed by atoms with Crippen LogP contribution in [0.25, 0.3) is 5.69 Å². The Labute approximate surface area is 166 Å². The van der Waals surface area contributed by atoms with E-state index in [2.05, 4.69) is 10.3 Å². The first-order valence-electron chi connectivity index (χ1n) is 7.89. The zero-order valence-corrected chi connectivity index (χ0v) is 15.6. The number of halogens is 4. The van der Waals surface area contributed by atoms with Gasteiger partial charge in [0.1, 0.15) is 29.0 Å². The monoisotopic (exact) mass is 439 g/mol. The third-order valence-electron chi connectivity index (χ3n) is 3.87. The molecule has 1 aromatic heterocycles. The Hall–Kier alpha value is -3.79. The van der Waals surface area contributed by atoms with Gasteiger partial charge in [-0.25, -0.2) is 35.4 Å². The second-order valence-corrected chi connectivity index (χ2v) is 7.47. The highest BCUT2D eigenvalue weighted by atomic mass is 32.2. The third kappa shape index (κ3) is 3.72. The van der Waals surface area contributed by atoms with Crippen LogP contribution in [-0.4, -0.2) is 29.3 Å². The van der Waals surface area contributed by atoms with Crippen molar-refractivity contribution in [2.45, 2.75) is 11.8 Å². The molecule has 30 heavy (non-hydrogen) atoms. The molecule has 2 aromatic carbocycles. The minimum absolute atomic E-state index is 0.0291. The van der Waals surface area contributed by atoms with Crippen LogP contribution in [0.5, 0.6) is 0 Å². The van der Waals surface area contributed by atoms with E-state index in [1.54, 1.807) is 6.07 Å².